The number of urea groups is 1. The minimum atomic E-state index is -0.250. The molecule has 0 aliphatic carbocycles. The molecule has 0 fully saturated rings. The van der Waals surface area contributed by atoms with Crippen LogP contribution in [0.2, 0.25) is 0 Å². The predicted octanol–water partition coefficient (Wildman–Crippen LogP) is 2.71. The number of aryl methyl sites for hydroxylation is 2. The molecule has 1 aliphatic rings. The molecule has 1 aliphatic heterocycles. The Hall–Kier alpha value is -2.93. The number of carbonyl (C=O) groups is 1. The summed E-state index contributed by atoms with van der Waals surface area (Å²) in [5.41, 5.74) is 3.09. The van der Waals surface area contributed by atoms with Gasteiger partial charge >= 0.3 is 6.03 Å². The number of hydrogen-bond donors (Lipinski definition) is 2. The number of anilines is 1. The van der Waals surface area contributed by atoms with Gasteiger partial charge in [-0.2, -0.15) is 5.10 Å². The smallest absolute Gasteiger partial charge is 0.320 e. The average molecular weight is 364 g/mol. The molecule has 1 aromatic carbocycles. The molecule has 0 spiro atoms. The van der Waals surface area contributed by atoms with E-state index in [2.05, 4.69) is 32.7 Å². The van der Waals surface area contributed by atoms with Crippen LogP contribution in [0.25, 0.3) is 10.9 Å². The van der Waals surface area contributed by atoms with E-state index in [4.69, 9.17) is 0 Å². The topological polar surface area (TPSA) is 75.1 Å². The van der Waals surface area contributed by atoms with Crippen molar-refractivity contribution in [1.29, 1.82) is 0 Å². The van der Waals surface area contributed by atoms with Crippen LogP contribution in [-0.2, 0) is 13.5 Å². The zero-order chi connectivity index (χ0) is 18.8. The van der Waals surface area contributed by atoms with Crippen LogP contribution in [0.15, 0.2) is 42.6 Å². The van der Waals surface area contributed by atoms with Crippen LogP contribution in [-0.4, -0.2) is 45.8 Å². The highest BCUT2D eigenvalue weighted by molar-refractivity contribution is 5.92. The second-order valence-electron chi connectivity index (χ2n) is 7.09. The van der Waals surface area contributed by atoms with Crippen LogP contribution in [0.1, 0.15) is 23.7 Å². The molecule has 4 rings (SSSR count). The van der Waals surface area contributed by atoms with E-state index in [9.17, 15) is 4.79 Å². The first kappa shape index (κ1) is 17.5. The SMILES string of the molecule is CN1CCCc2nc(cc3cnn(C)c23)NC(=O)N[C@@H](c2ccccc2)C1. The van der Waals surface area contributed by atoms with Crippen LogP contribution >= 0.6 is 0 Å². The minimum Gasteiger partial charge on any atom is -0.330 e. The van der Waals surface area contributed by atoms with E-state index in [0.717, 1.165) is 48.1 Å². The van der Waals surface area contributed by atoms with Crippen LogP contribution < -0.4 is 10.6 Å². The van der Waals surface area contributed by atoms with Gasteiger partial charge < -0.3 is 10.2 Å². The van der Waals surface area contributed by atoms with Gasteiger partial charge in [-0.1, -0.05) is 30.3 Å². The van der Waals surface area contributed by atoms with Crippen molar-refractivity contribution < 1.29 is 4.79 Å². The molecule has 0 saturated carbocycles. The van der Waals surface area contributed by atoms with Crippen molar-refractivity contribution in [2.75, 3.05) is 25.5 Å². The lowest BCUT2D eigenvalue weighted by Crippen LogP contribution is -2.39. The van der Waals surface area contributed by atoms with Gasteiger partial charge in [0.05, 0.1) is 23.4 Å². The summed E-state index contributed by atoms with van der Waals surface area (Å²) in [5, 5.41) is 11.3. The highest BCUT2D eigenvalue weighted by Crippen LogP contribution is 2.23. The van der Waals surface area contributed by atoms with Gasteiger partial charge in [0.15, 0.2) is 0 Å². The summed E-state index contributed by atoms with van der Waals surface area (Å²) in [6, 6.07) is 11.6. The Morgan fingerprint density at radius 1 is 1.19 bits per heavy atom. The minimum absolute atomic E-state index is 0.0859. The number of aromatic nitrogens is 3. The number of likely N-dealkylation sites (N-methyl/N-ethyl adjacent to an activating group) is 1. The van der Waals surface area contributed by atoms with E-state index in [1.54, 1.807) is 0 Å². The Kier molecular flexibility index (Phi) is 4.77. The Morgan fingerprint density at radius 3 is 2.81 bits per heavy atom. The van der Waals surface area contributed by atoms with E-state index in [-0.39, 0.29) is 12.1 Å². The largest absolute Gasteiger partial charge is 0.330 e. The highest BCUT2D eigenvalue weighted by Gasteiger charge is 2.19. The van der Waals surface area contributed by atoms with Crippen molar-refractivity contribution >= 4 is 22.8 Å². The van der Waals surface area contributed by atoms with Crippen molar-refractivity contribution in [3.63, 3.8) is 0 Å². The van der Waals surface area contributed by atoms with Crippen molar-refractivity contribution in [2.24, 2.45) is 7.05 Å². The zero-order valence-electron chi connectivity index (χ0n) is 15.6. The Bertz CT molecular complexity index is 952. The average Bonchev–Trinajstić information content (AvgIpc) is 3.02. The quantitative estimate of drug-likeness (QED) is 0.696. The van der Waals surface area contributed by atoms with Gasteiger partial charge in [-0.05, 0) is 38.1 Å². The van der Waals surface area contributed by atoms with E-state index >= 15 is 0 Å². The van der Waals surface area contributed by atoms with E-state index in [1.807, 2.05) is 54.3 Å². The van der Waals surface area contributed by atoms with Crippen LogP contribution in [0, 0.1) is 0 Å². The Morgan fingerprint density at radius 2 is 2.00 bits per heavy atom. The van der Waals surface area contributed by atoms with Gasteiger partial charge in [0.2, 0.25) is 0 Å². The number of rotatable bonds is 1. The summed E-state index contributed by atoms with van der Waals surface area (Å²) < 4.78 is 1.85. The molecule has 7 heteroatoms. The first-order valence-electron chi connectivity index (χ1n) is 9.23. The third kappa shape index (κ3) is 3.78. The molecule has 0 unspecified atom stereocenters. The summed E-state index contributed by atoms with van der Waals surface area (Å²) in [4.78, 5) is 19.6. The summed E-state index contributed by atoms with van der Waals surface area (Å²) in [5.74, 6) is 0.559. The third-order valence-corrected chi connectivity index (χ3v) is 4.98. The van der Waals surface area contributed by atoms with Crippen molar-refractivity contribution in [3.8, 4) is 0 Å². The van der Waals surface area contributed by atoms with Gasteiger partial charge in [-0.25, -0.2) is 9.78 Å². The lowest BCUT2D eigenvalue weighted by atomic mass is 10.1. The van der Waals surface area contributed by atoms with Crippen molar-refractivity contribution in [2.45, 2.75) is 18.9 Å². The molecular formula is C20H24N6O. The summed E-state index contributed by atoms with van der Waals surface area (Å²) in [7, 11) is 4.01. The fraction of sp³-hybridized carbons (Fsp3) is 0.350. The number of nitrogens with zero attached hydrogens (tertiary/aromatic N) is 4. The molecule has 2 amide bonds. The van der Waals surface area contributed by atoms with Gasteiger partial charge in [-0.15, -0.1) is 0 Å². The lowest BCUT2D eigenvalue weighted by molar-refractivity contribution is 0.239. The first-order valence-corrected chi connectivity index (χ1v) is 9.23. The monoisotopic (exact) mass is 364 g/mol. The molecule has 27 heavy (non-hydrogen) atoms. The molecule has 2 aromatic heterocycles. The second kappa shape index (κ2) is 7.36. The number of benzene rings is 1. The first-order chi connectivity index (χ1) is 13.1. The van der Waals surface area contributed by atoms with Crippen molar-refractivity contribution in [1.82, 2.24) is 25.0 Å². The van der Waals surface area contributed by atoms with E-state index in [0.29, 0.717) is 5.82 Å². The summed E-state index contributed by atoms with van der Waals surface area (Å²) in [6.07, 6.45) is 3.64. The van der Waals surface area contributed by atoms with Gasteiger partial charge in [0, 0.05) is 19.0 Å². The van der Waals surface area contributed by atoms with Crippen LogP contribution in [0.4, 0.5) is 10.6 Å². The maximum atomic E-state index is 12.6. The normalized spacial score (nSPS) is 19.0. The molecule has 2 N–H and O–H groups in total. The molecular weight excluding hydrogens is 340 g/mol. The predicted molar refractivity (Wildman–Crippen MR) is 106 cm³/mol. The molecule has 7 nitrogen and oxygen atoms in total. The second-order valence-corrected chi connectivity index (χ2v) is 7.09. The fourth-order valence-electron chi connectivity index (χ4n) is 3.68. The number of fused-ring (bicyclic) bond motifs is 4. The van der Waals surface area contributed by atoms with Gasteiger partial charge in [-0.3, -0.25) is 10.00 Å². The van der Waals surface area contributed by atoms with Crippen molar-refractivity contribution in [3.05, 3.63) is 53.9 Å². The number of hydrogen-bond acceptors (Lipinski definition) is 4. The van der Waals surface area contributed by atoms with Crippen LogP contribution in [0.5, 0.6) is 0 Å². The third-order valence-electron chi connectivity index (χ3n) is 4.98. The Labute approximate surface area is 158 Å². The molecule has 3 aromatic rings. The molecule has 0 radical (unpaired) electrons. The molecule has 3 heterocycles. The van der Waals surface area contributed by atoms with Gasteiger partial charge in [0.1, 0.15) is 5.82 Å². The summed E-state index contributed by atoms with van der Waals surface area (Å²) >= 11 is 0. The lowest BCUT2D eigenvalue weighted by Gasteiger charge is -2.26. The number of pyridine rings is 1. The number of amides is 2. The molecule has 0 saturated heterocycles. The molecule has 1 atom stereocenters. The number of nitrogens with one attached hydrogen (secondary N) is 2. The van der Waals surface area contributed by atoms with Gasteiger partial charge in [0.25, 0.3) is 0 Å². The maximum Gasteiger partial charge on any atom is 0.320 e. The fourth-order valence-corrected chi connectivity index (χ4v) is 3.68. The van der Waals surface area contributed by atoms with Crippen LogP contribution in [0.3, 0.4) is 0 Å². The standard InChI is InChI=1S/C20H24N6O/c1-25-10-6-9-16-19-15(12-21-26(19)2)11-18(22-16)24-20(27)23-17(13-25)14-7-4-3-5-8-14/h3-5,7-8,11-12,17H,6,9-10,13H2,1-2H3,(H2,22,23,24,27)/t17-/m1/s1. The zero-order valence-corrected chi connectivity index (χ0v) is 15.6. The van der Waals surface area contributed by atoms with E-state index < -0.39 is 0 Å². The Balaban J connectivity index is 1.67. The number of carbonyl (C=O) groups excluding carboxylic acids is 1. The maximum absolute atomic E-state index is 12.6. The summed E-state index contributed by atoms with van der Waals surface area (Å²) in [6.45, 7) is 1.68. The van der Waals surface area contributed by atoms with E-state index in [1.165, 1.54) is 0 Å². The molecule has 140 valence electrons. The highest BCUT2D eigenvalue weighted by atomic mass is 16.2. The molecule has 2 bridgehead atoms.